The second-order valence-electron chi connectivity index (χ2n) is 3.33. The third-order valence-electron chi connectivity index (χ3n) is 2.23. The van der Waals surface area contributed by atoms with Crippen LogP contribution in [0, 0.1) is 0 Å². The lowest BCUT2D eigenvalue weighted by molar-refractivity contribution is 0.759. The second-order valence-corrected chi connectivity index (χ2v) is 3.33. The molecule has 0 aromatic carbocycles. The van der Waals surface area contributed by atoms with Gasteiger partial charge in [-0.3, -0.25) is 0 Å². The van der Waals surface area contributed by atoms with Gasteiger partial charge >= 0.3 is 0 Å². The molecule has 0 aliphatic rings. The van der Waals surface area contributed by atoms with Gasteiger partial charge in [0.25, 0.3) is 0 Å². The van der Waals surface area contributed by atoms with Crippen molar-refractivity contribution in [3.63, 3.8) is 0 Å². The summed E-state index contributed by atoms with van der Waals surface area (Å²) < 4.78 is 0. The maximum atomic E-state index is 5.81. The smallest absolute Gasteiger partial charge is 0.151 e. The van der Waals surface area contributed by atoms with Gasteiger partial charge in [0.15, 0.2) is 5.82 Å². The average Bonchev–Trinajstić information content (AvgIpc) is 2.18. The number of hydrogen-bond donors (Lipinski definition) is 3. The third kappa shape index (κ3) is 2.28. The predicted molar refractivity (Wildman–Crippen MR) is 61.6 cm³/mol. The summed E-state index contributed by atoms with van der Waals surface area (Å²) in [5.41, 5.74) is 7.39. The molecule has 78 valence electrons. The van der Waals surface area contributed by atoms with Crippen molar-refractivity contribution in [1.29, 1.82) is 0 Å². The highest BCUT2D eigenvalue weighted by Gasteiger charge is 2.07. The van der Waals surface area contributed by atoms with Gasteiger partial charge in [-0.2, -0.15) is 0 Å². The fourth-order valence-corrected chi connectivity index (χ4v) is 1.18. The van der Waals surface area contributed by atoms with Crippen LogP contribution in [-0.2, 0) is 0 Å². The molecule has 1 rings (SSSR count). The van der Waals surface area contributed by atoms with Gasteiger partial charge in [0.1, 0.15) is 5.69 Å². The van der Waals surface area contributed by atoms with E-state index in [1.165, 1.54) is 0 Å². The maximum absolute atomic E-state index is 5.81. The molecule has 0 amide bonds. The molecule has 4 heteroatoms. The molecule has 0 aliphatic heterocycles. The predicted octanol–water partition coefficient (Wildman–Crippen LogP) is 1.92. The molecule has 0 fully saturated rings. The molecule has 1 aromatic heterocycles. The summed E-state index contributed by atoms with van der Waals surface area (Å²) in [6, 6.07) is 2.18. The van der Waals surface area contributed by atoms with E-state index in [2.05, 4.69) is 29.5 Å². The Bertz CT molecular complexity index is 298. The number of rotatable bonds is 4. The molecule has 1 unspecified atom stereocenters. The van der Waals surface area contributed by atoms with Crippen LogP contribution in [0.1, 0.15) is 20.3 Å². The van der Waals surface area contributed by atoms with Crippen molar-refractivity contribution in [3.8, 4) is 0 Å². The molecule has 0 saturated heterocycles. The number of nitrogens with one attached hydrogen (secondary N) is 2. The molecular formula is C10H18N4. The first-order valence-corrected chi connectivity index (χ1v) is 4.87. The van der Waals surface area contributed by atoms with Gasteiger partial charge in [0, 0.05) is 19.3 Å². The molecule has 14 heavy (non-hydrogen) atoms. The minimum Gasteiger partial charge on any atom is -0.397 e. The minimum atomic E-state index is 0.399. The van der Waals surface area contributed by atoms with Crippen LogP contribution < -0.4 is 16.4 Å². The Morgan fingerprint density at radius 1 is 1.57 bits per heavy atom. The Morgan fingerprint density at radius 2 is 2.29 bits per heavy atom. The quantitative estimate of drug-likeness (QED) is 0.685. The molecule has 0 saturated carbocycles. The van der Waals surface area contributed by atoms with Gasteiger partial charge in [0.2, 0.25) is 0 Å². The lowest BCUT2D eigenvalue weighted by atomic mass is 10.2. The summed E-state index contributed by atoms with van der Waals surface area (Å²) in [6.07, 6.45) is 2.76. The Morgan fingerprint density at radius 3 is 2.86 bits per heavy atom. The lowest BCUT2D eigenvalue weighted by Crippen LogP contribution is -2.16. The topological polar surface area (TPSA) is 63.0 Å². The largest absolute Gasteiger partial charge is 0.397 e. The molecule has 4 N–H and O–H groups in total. The number of aromatic nitrogens is 1. The highest BCUT2D eigenvalue weighted by Crippen LogP contribution is 2.25. The monoisotopic (exact) mass is 194 g/mol. The van der Waals surface area contributed by atoms with Crippen molar-refractivity contribution in [2.75, 3.05) is 23.4 Å². The summed E-state index contributed by atoms with van der Waals surface area (Å²) in [4.78, 5) is 4.24. The van der Waals surface area contributed by atoms with E-state index in [0.717, 1.165) is 17.9 Å². The summed E-state index contributed by atoms with van der Waals surface area (Å²) in [5.74, 6) is 0.821. The van der Waals surface area contributed by atoms with Crippen molar-refractivity contribution in [2.45, 2.75) is 26.3 Å². The lowest BCUT2D eigenvalue weighted by Gasteiger charge is -2.16. The minimum absolute atomic E-state index is 0.399. The maximum Gasteiger partial charge on any atom is 0.151 e. The van der Waals surface area contributed by atoms with Crippen molar-refractivity contribution in [1.82, 2.24) is 4.98 Å². The van der Waals surface area contributed by atoms with E-state index in [4.69, 9.17) is 5.73 Å². The number of anilines is 3. The SMILES string of the molecule is CCC(C)Nc1nccc(N)c1NC. The highest BCUT2D eigenvalue weighted by molar-refractivity contribution is 5.77. The molecule has 1 atom stereocenters. The zero-order chi connectivity index (χ0) is 10.6. The number of nitrogens with two attached hydrogens (primary N) is 1. The Labute approximate surface area is 84.9 Å². The summed E-state index contributed by atoms with van der Waals surface area (Å²) in [5, 5.41) is 6.34. The van der Waals surface area contributed by atoms with Crippen LogP contribution in [0.5, 0.6) is 0 Å². The first-order chi connectivity index (χ1) is 6.69. The van der Waals surface area contributed by atoms with E-state index in [0.29, 0.717) is 11.7 Å². The zero-order valence-corrected chi connectivity index (χ0v) is 8.96. The van der Waals surface area contributed by atoms with E-state index in [1.54, 1.807) is 12.3 Å². The normalized spacial score (nSPS) is 12.2. The van der Waals surface area contributed by atoms with Crippen LogP contribution in [0.4, 0.5) is 17.2 Å². The van der Waals surface area contributed by atoms with E-state index in [1.807, 2.05) is 7.05 Å². The van der Waals surface area contributed by atoms with Gasteiger partial charge in [-0.05, 0) is 19.4 Å². The van der Waals surface area contributed by atoms with Gasteiger partial charge in [-0.25, -0.2) is 4.98 Å². The van der Waals surface area contributed by atoms with Crippen LogP contribution in [-0.4, -0.2) is 18.1 Å². The number of nitrogens with zero attached hydrogens (tertiary/aromatic N) is 1. The van der Waals surface area contributed by atoms with E-state index >= 15 is 0 Å². The zero-order valence-electron chi connectivity index (χ0n) is 8.96. The second kappa shape index (κ2) is 4.69. The molecule has 0 radical (unpaired) electrons. The van der Waals surface area contributed by atoms with Crippen molar-refractivity contribution in [3.05, 3.63) is 12.3 Å². The van der Waals surface area contributed by atoms with Crippen LogP contribution in [0.3, 0.4) is 0 Å². The average molecular weight is 194 g/mol. The highest BCUT2D eigenvalue weighted by atomic mass is 15.1. The van der Waals surface area contributed by atoms with E-state index in [-0.39, 0.29) is 0 Å². The van der Waals surface area contributed by atoms with Gasteiger partial charge < -0.3 is 16.4 Å². The molecule has 0 spiro atoms. The molecule has 4 nitrogen and oxygen atoms in total. The number of pyridine rings is 1. The molecule has 1 aromatic rings. The Kier molecular flexibility index (Phi) is 3.56. The van der Waals surface area contributed by atoms with E-state index < -0.39 is 0 Å². The standard InChI is InChI=1S/C10H18N4/c1-4-7(2)14-10-9(12-3)8(11)5-6-13-10/h5-7,12H,4H2,1-3H3,(H3,11,13,14). The van der Waals surface area contributed by atoms with Gasteiger partial charge in [-0.15, -0.1) is 0 Å². The van der Waals surface area contributed by atoms with Gasteiger partial charge in [0.05, 0.1) is 5.69 Å². The van der Waals surface area contributed by atoms with Gasteiger partial charge in [-0.1, -0.05) is 6.92 Å². The van der Waals surface area contributed by atoms with Crippen LogP contribution in [0.15, 0.2) is 12.3 Å². The van der Waals surface area contributed by atoms with Crippen LogP contribution in [0.2, 0.25) is 0 Å². The molecule has 1 heterocycles. The third-order valence-corrected chi connectivity index (χ3v) is 2.23. The first-order valence-electron chi connectivity index (χ1n) is 4.87. The summed E-state index contributed by atoms with van der Waals surface area (Å²) >= 11 is 0. The molecule has 0 aliphatic carbocycles. The summed E-state index contributed by atoms with van der Waals surface area (Å²) in [7, 11) is 1.84. The van der Waals surface area contributed by atoms with Crippen molar-refractivity contribution < 1.29 is 0 Å². The Balaban J connectivity index is 2.90. The first kappa shape index (κ1) is 10.6. The fraction of sp³-hybridized carbons (Fsp3) is 0.500. The number of nitrogen functional groups attached to an aromatic ring is 1. The van der Waals surface area contributed by atoms with Crippen LogP contribution >= 0.6 is 0 Å². The Hall–Kier alpha value is -1.45. The van der Waals surface area contributed by atoms with Crippen molar-refractivity contribution >= 4 is 17.2 Å². The fourth-order valence-electron chi connectivity index (χ4n) is 1.18. The molecule has 0 bridgehead atoms. The van der Waals surface area contributed by atoms with E-state index in [9.17, 15) is 0 Å². The summed E-state index contributed by atoms with van der Waals surface area (Å²) in [6.45, 7) is 4.24. The molecular weight excluding hydrogens is 176 g/mol. The number of hydrogen-bond acceptors (Lipinski definition) is 4. The van der Waals surface area contributed by atoms with Crippen molar-refractivity contribution in [2.24, 2.45) is 0 Å². The van der Waals surface area contributed by atoms with Crippen LogP contribution in [0.25, 0.3) is 0 Å².